The van der Waals surface area contributed by atoms with Gasteiger partial charge in [0.25, 0.3) is 5.56 Å². The maximum absolute atomic E-state index is 13.4. The van der Waals surface area contributed by atoms with Crippen LogP contribution in [-0.4, -0.2) is 34.2 Å². The zero-order valence-corrected chi connectivity index (χ0v) is 15.0. The van der Waals surface area contributed by atoms with E-state index >= 15 is 0 Å². The number of benzene rings is 1. The van der Waals surface area contributed by atoms with Crippen LogP contribution in [0.4, 0.5) is 4.39 Å². The second kappa shape index (κ2) is 6.89. The zero-order valence-electron chi connectivity index (χ0n) is 15.0. The summed E-state index contributed by atoms with van der Waals surface area (Å²) in [6.07, 6.45) is 1.17. The molecule has 7 nitrogen and oxygen atoms in total. The van der Waals surface area contributed by atoms with Crippen LogP contribution in [0.15, 0.2) is 40.1 Å². The Morgan fingerprint density at radius 1 is 1.04 bits per heavy atom. The normalized spacial score (nSPS) is 11.6. The topological polar surface area (TPSA) is 67.4 Å². The Hall–Kier alpha value is -2.71. The molecule has 0 bridgehead atoms. The molecule has 0 spiro atoms. The summed E-state index contributed by atoms with van der Waals surface area (Å²) < 4.78 is 28.1. The van der Waals surface area contributed by atoms with Gasteiger partial charge >= 0.3 is 5.69 Å². The van der Waals surface area contributed by atoms with Gasteiger partial charge in [-0.1, -0.05) is 0 Å². The van der Waals surface area contributed by atoms with Crippen molar-refractivity contribution in [1.29, 1.82) is 0 Å². The maximum atomic E-state index is 13.4. The average molecular weight is 361 g/mol. The predicted molar refractivity (Wildman–Crippen MR) is 95.6 cm³/mol. The Kier molecular flexibility index (Phi) is 4.80. The highest BCUT2D eigenvalue weighted by Gasteiger charge is 2.21. The number of hydrogen-bond donors (Lipinski definition) is 0. The molecule has 0 aliphatic rings. The smallest absolute Gasteiger partial charge is 0.330 e. The van der Waals surface area contributed by atoms with Gasteiger partial charge in [0.2, 0.25) is 0 Å². The van der Waals surface area contributed by atoms with Gasteiger partial charge < -0.3 is 14.0 Å². The van der Waals surface area contributed by atoms with Crippen molar-refractivity contribution >= 4 is 10.9 Å². The number of aromatic nitrogens is 3. The molecule has 0 atom stereocenters. The lowest BCUT2D eigenvalue weighted by Crippen LogP contribution is -2.36. The summed E-state index contributed by atoms with van der Waals surface area (Å²) in [5, 5.41) is 0.382. The molecule has 0 fully saturated rings. The Bertz CT molecular complexity index is 1060. The number of aryl methyl sites for hydroxylation is 1. The van der Waals surface area contributed by atoms with E-state index in [2.05, 4.69) is 0 Å². The molecule has 8 heteroatoms. The lowest BCUT2D eigenvalue weighted by atomic mass is 10.1. The van der Waals surface area contributed by atoms with Crippen LogP contribution in [0.25, 0.3) is 22.2 Å². The van der Waals surface area contributed by atoms with Crippen LogP contribution in [0.1, 0.15) is 0 Å². The third kappa shape index (κ3) is 2.87. The molecule has 2 heterocycles. The van der Waals surface area contributed by atoms with Crippen molar-refractivity contribution in [2.45, 2.75) is 12.8 Å². The van der Waals surface area contributed by atoms with E-state index in [9.17, 15) is 14.0 Å². The minimum absolute atomic E-state index is 0.297. The first-order chi connectivity index (χ1) is 12.4. The van der Waals surface area contributed by atoms with Gasteiger partial charge in [0, 0.05) is 34.5 Å². The molecule has 0 aliphatic carbocycles. The van der Waals surface area contributed by atoms with Crippen molar-refractivity contribution in [3.8, 4) is 11.3 Å². The molecule has 0 radical (unpaired) electrons. The fourth-order valence-electron chi connectivity index (χ4n) is 3.06. The number of fused-ring (bicyclic) bond motifs is 1. The van der Waals surface area contributed by atoms with Gasteiger partial charge in [-0.05, 0) is 29.8 Å². The second-order valence-electron chi connectivity index (χ2n) is 6.00. The van der Waals surface area contributed by atoms with Gasteiger partial charge in [0.1, 0.15) is 5.82 Å². The Balaban J connectivity index is 2.39. The van der Waals surface area contributed by atoms with Gasteiger partial charge in [0.15, 0.2) is 6.29 Å². The molecule has 2 aromatic heterocycles. The molecule has 0 saturated carbocycles. The summed E-state index contributed by atoms with van der Waals surface area (Å²) in [6.45, 7) is 0.297. The highest BCUT2D eigenvalue weighted by molar-refractivity contribution is 5.93. The number of hydrogen-bond acceptors (Lipinski definition) is 4. The van der Waals surface area contributed by atoms with Crippen LogP contribution in [0.2, 0.25) is 0 Å². The summed E-state index contributed by atoms with van der Waals surface area (Å²) in [6, 6.07) is 5.85. The highest BCUT2D eigenvalue weighted by atomic mass is 19.1. The molecule has 1 aromatic carbocycles. The number of halogens is 1. The summed E-state index contributed by atoms with van der Waals surface area (Å²) in [5.74, 6) is -0.372. The van der Waals surface area contributed by atoms with Crippen LogP contribution >= 0.6 is 0 Å². The lowest BCUT2D eigenvalue weighted by Gasteiger charge is -2.16. The third-order valence-electron chi connectivity index (χ3n) is 4.50. The standard InChI is InChI=1S/C18H20FN3O4/c1-20-13-9-22(10-14(25-3)26-4)16(11-5-7-12(19)8-6-11)15(13)17(23)21(2)18(20)24/h5-9,14H,10H2,1-4H3. The quantitative estimate of drug-likeness (QED) is 0.646. The number of ether oxygens (including phenoxy) is 2. The van der Waals surface area contributed by atoms with Gasteiger partial charge in [-0.2, -0.15) is 0 Å². The molecule has 0 amide bonds. The number of nitrogens with zero attached hydrogens (tertiary/aromatic N) is 3. The lowest BCUT2D eigenvalue weighted by molar-refractivity contribution is -0.110. The molecule has 0 aliphatic heterocycles. The molecular weight excluding hydrogens is 341 g/mol. The van der Waals surface area contributed by atoms with Crippen LogP contribution in [0.3, 0.4) is 0 Å². The number of methoxy groups -OCH3 is 2. The Morgan fingerprint density at radius 3 is 2.23 bits per heavy atom. The highest BCUT2D eigenvalue weighted by Crippen LogP contribution is 2.28. The van der Waals surface area contributed by atoms with E-state index in [1.165, 1.54) is 38.0 Å². The minimum Gasteiger partial charge on any atom is -0.354 e. The van der Waals surface area contributed by atoms with Crippen molar-refractivity contribution in [2.75, 3.05) is 14.2 Å². The molecule has 0 unspecified atom stereocenters. The van der Waals surface area contributed by atoms with Crippen LogP contribution in [0.5, 0.6) is 0 Å². The fourth-order valence-corrected chi connectivity index (χ4v) is 3.06. The van der Waals surface area contributed by atoms with E-state index in [1.54, 1.807) is 29.9 Å². The van der Waals surface area contributed by atoms with Crippen molar-refractivity contribution in [1.82, 2.24) is 13.7 Å². The van der Waals surface area contributed by atoms with Crippen LogP contribution in [0, 0.1) is 5.82 Å². The van der Waals surface area contributed by atoms with Crippen molar-refractivity contribution in [3.63, 3.8) is 0 Å². The molecule has 138 valence electrons. The molecule has 26 heavy (non-hydrogen) atoms. The SMILES string of the molecule is COC(Cn1cc2c(c1-c1ccc(F)cc1)c(=O)n(C)c(=O)n2C)OC. The predicted octanol–water partition coefficient (Wildman–Crippen LogP) is 1.46. The average Bonchev–Trinajstić information content (AvgIpc) is 3.02. The van der Waals surface area contributed by atoms with E-state index in [0.29, 0.717) is 28.7 Å². The summed E-state index contributed by atoms with van der Waals surface area (Å²) in [7, 11) is 6.07. The molecule has 0 N–H and O–H groups in total. The van der Waals surface area contributed by atoms with Crippen molar-refractivity contribution < 1.29 is 13.9 Å². The molecule has 0 saturated heterocycles. The largest absolute Gasteiger partial charge is 0.354 e. The summed E-state index contributed by atoms with van der Waals surface area (Å²) in [4.78, 5) is 25.1. The zero-order chi connectivity index (χ0) is 19.0. The second-order valence-corrected chi connectivity index (χ2v) is 6.00. The third-order valence-corrected chi connectivity index (χ3v) is 4.50. The first kappa shape index (κ1) is 18.1. The molecule has 3 aromatic rings. The van der Waals surface area contributed by atoms with Gasteiger partial charge in [-0.3, -0.25) is 13.9 Å². The van der Waals surface area contributed by atoms with E-state index in [4.69, 9.17) is 9.47 Å². The maximum Gasteiger partial charge on any atom is 0.330 e. The molecule has 3 rings (SSSR count). The molecular formula is C18H20FN3O4. The van der Waals surface area contributed by atoms with Crippen molar-refractivity contribution in [2.24, 2.45) is 14.1 Å². The van der Waals surface area contributed by atoms with Gasteiger partial charge in [-0.15, -0.1) is 0 Å². The number of rotatable bonds is 5. The van der Waals surface area contributed by atoms with Crippen LogP contribution in [-0.2, 0) is 30.1 Å². The van der Waals surface area contributed by atoms with Gasteiger partial charge in [-0.25, -0.2) is 9.18 Å². The summed E-state index contributed by atoms with van der Waals surface area (Å²) >= 11 is 0. The minimum atomic E-state index is -0.545. The first-order valence-electron chi connectivity index (χ1n) is 7.99. The fraction of sp³-hybridized carbons (Fsp3) is 0.333. The van der Waals surface area contributed by atoms with Crippen LogP contribution < -0.4 is 11.2 Å². The monoisotopic (exact) mass is 361 g/mol. The van der Waals surface area contributed by atoms with Gasteiger partial charge in [0.05, 0.1) is 23.1 Å². The van der Waals surface area contributed by atoms with Crippen molar-refractivity contribution in [3.05, 3.63) is 57.1 Å². The Labute approximate surface area is 148 Å². The Morgan fingerprint density at radius 2 is 1.65 bits per heavy atom. The van der Waals surface area contributed by atoms with E-state index in [1.807, 2.05) is 0 Å². The summed E-state index contributed by atoms with van der Waals surface area (Å²) in [5.41, 5.74) is 0.898. The van der Waals surface area contributed by atoms with E-state index < -0.39 is 17.5 Å². The van der Waals surface area contributed by atoms with E-state index in [0.717, 1.165) is 4.57 Å². The van der Waals surface area contributed by atoms with E-state index in [-0.39, 0.29) is 5.82 Å². The first-order valence-corrected chi connectivity index (χ1v) is 7.99.